The maximum Gasteiger partial charge on any atom is 0.189 e. The standard InChI is InChI=1S/C14H15NO2/c1-9(2)11-8-17-13-5-3-4-10-12(16)6-7-15(11)14(10)13/h3-7,9,11H,8H2,1-2H3. The monoisotopic (exact) mass is 229 g/mol. The summed E-state index contributed by atoms with van der Waals surface area (Å²) in [5.41, 5.74) is 0.996. The largest absolute Gasteiger partial charge is 0.489 e. The Labute approximate surface area is 99.6 Å². The van der Waals surface area contributed by atoms with Crippen LogP contribution in [-0.2, 0) is 0 Å². The lowest BCUT2D eigenvalue weighted by Gasteiger charge is -2.31. The minimum atomic E-state index is 0.0612. The third kappa shape index (κ3) is 1.46. The number of ether oxygens (including phenoxy) is 1. The zero-order valence-electron chi connectivity index (χ0n) is 10.0. The van der Waals surface area contributed by atoms with Gasteiger partial charge in [0.15, 0.2) is 5.43 Å². The highest BCUT2D eigenvalue weighted by molar-refractivity contribution is 5.85. The van der Waals surface area contributed by atoms with Crippen molar-refractivity contribution >= 4 is 10.9 Å². The van der Waals surface area contributed by atoms with Crippen LogP contribution >= 0.6 is 0 Å². The molecule has 2 heterocycles. The number of rotatable bonds is 1. The van der Waals surface area contributed by atoms with E-state index in [-0.39, 0.29) is 5.43 Å². The molecule has 0 bridgehead atoms. The Morgan fingerprint density at radius 2 is 2.18 bits per heavy atom. The van der Waals surface area contributed by atoms with E-state index in [0.717, 1.165) is 16.7 Å². The number of para-hydroxylation sites is 1. The number of hydrogen-bond acceptors (Lipinski definition) is 2. The van der Waals surface area contributed by atoms with Gasteiger partial charge in [-0.15, -0.1) is 0 Å². The molecule has 3 heteroatoms. The molecule has 0 radical (unpaired) electrons. The van der Waals surface area contributed by atoms with Gasteiger partial charge < -0.3 is 9.30 Å². The lowest BCUT2D eigenvalue weighted by atomic mass is 10.0. The van der Waals surface area contributed by atoms with Crippen molar-refractivity contribution < 1.29 is 4.74 Å². The van der Waals surface area contributed by atoms with Crippen LogP contribution in [0.2, 0.25) is 0 Å². The van der Waals surface area contributed by atoms with E-state index >= 15 is 0 Å². The molecule has 1 unspecified atom stereocenters. The van der Waals surface area contributed by atoms with Crippen molar-refractivity contribution in [3.05, 3.63) is 40.7 Å². The van der Waals surface area contributed by atoms with E-state index in [4.69, 9.17) is 4.74 Å². The summed E-state index contributed by atoms with van der Waals surface area (Å²) >= 11 is 0. The summed E-state index contributed by atoms with van der Waals surface area (Å²) in [5.74, 6) is 1.30. The average molecular weight is 229 g/mol. The molecule has 17 heavy (non-hydrogen) atoms. The molecule has 0 fully saturated rings. The normalized spacial score (nSPS) is 18.4. The van der Waals surface area contributed by atoms with E-state index in [1.807, 2.05) is 24.4 Å². The Balaban J connectivity index is 2.39. The Morgan fingerprint density at radius 1 is 1.35 bits per heavy atom. The van der Waals surface area contributed by atoms with Crippen molar-refractivity contribution in [2.75, 3.05) is 6.61 Å². The zero-order valence-corrected chi connectivity index (χ0v) is 10.0. The van der Waals surface area contributed by atoms with Crippen molar-refractivity contribution in [2.45, 2.75) is 19.9 Å². The molecule has 0 N–H and O–H groups in total. The molecule has 1 aromatic heterocycles. The van der Waals surface area contributed by atoms with E-state index in [2.05, 4.69) is 18.4 Å². The van der Waals surface area contributed by atoms with Gasteiger partial charge in [0.25, 0.3) is 0 Å². The van der Waals surface area contributed by atoms with Gasteiger partial charge in [-0.05, 0) is 18.1 Å². The SMILES string of the molecule is CC(C)C1COc2cccc3c(=O)ccn1c23. The molecule has 2 aromatic rings. The molecule has 0 aliphatic carbocycles. The Hall–Kier alpha value is -1.77. The van der Waals surface area contributed by atoms with Crippen LogP contribution < -0.4 is 10.2 Å². The van der Waals surface area contributed by atoms with E-state index in [0.29, 0.717) is 18.6 Å². The number of pyridine rings is 1. The minimum absolute atomic E-state index is 0.0612. The van der Waals surface area contributed by atoms with Gasteiger partial charge in [-0.25, -0.2) is 0 Å². The first kappa shape index (κ1) is 10.4. The van der Waals surface area contributed by atoms with Gasteiger partial charge in [-0.3, -0.25) is 4.79 Å². The van der Waals surface area contributed by atoms with E-state index in [1.54, 1.807) is 6.07 Å². The van der Waals surface area contributed by atoms with Crippen LogP contribution in [-0.4, -0.2) is 11.2 Å². The Morgan fingerprint density at radius 3 is 2.94 bits per heavy atom. The van der Waals surface area contributed by atoms with Crippen molar-refractivity contribution in [3.8, 4) is 5.75 Å². The fraction of sp³-hybridized carbons (Fsp3) is 0.357. The molecule has 1 aliphatic heterocycles. The highest BCUT2D eigenvalue weighted by Gasteiger charge is 2.24. The molecular weight excluding hydrogens is 214 g/mol. The zero-order chi connectivity index (χ0) is 12.0. The van der Waals surface area contributed by atoms with Gasteiger partial charge in [-0.1, -0.05) is 19.9 Å². The van der Waals surface area contributed by atoms with Crippen molar-refractivity contribution in [1.82, 2.24) is 4.57 Å². The molecule has 0 amide bonds. The van der Waals surface area contributed by atoms with Gasteiger partial charge in [-0.2, -0.15) is 0 Å². The Kier molecular flexibility index (Phi) is 2.21. The molecule has 3 nitrogen and oxygen atoms in total. The predicted molar refractivity (Wildman–Crippen MR) is 67.6 cm³/mol. The molecule has 88 valence electrons. The first-order valence-corrected chi connectivity index (χ1v) is 5.95. The fourth-order valence-electron chi connectivity index (χ4n) is 2.46. The number of aromatic nitrogens is 1. The molecule has 1 aromatic carbocycles. The molecule has 0 saturated carbocycles. The van der Waals surface area contributed by atoms with Crippen LogP contribution in [0.15, 0.2) is 35.3 Å². The highest BCUT2D eigenvalue weighted by atomic mass is 16.5. The highest BCUT2D eigenvalue weighted by Crippen LogP contribution is 2.33. The van der Waals surface area contributed by atoms with Gasteiger partial charge in [0.1, 0.15) is 12.4 Å². The van der Waals surface area contributed by atoms with Gasteiger partial charge >= 0.3 is 0 Å². The van der Waals surface area contributed by atoms with Crippen LogP contribution in [0.5, 0.6) is 5.75 Å². The Bertz CT molecular complexity index is 628. The van der Waals surface area contributed by atoms with E-state index < -0.39 is 0 Å². The predicted octanol–water partition coefficient (Wildman–Crippen LogP) is 2.59. The second kappa shape index (κ2) is 3.62. The van der Waals surface area contributed by atoms with E-state index in [9.17, 15) is 4.79 Å². The van der Waals surface area contributed by atoms with Crippen LogP contribution in [0.1, 0.15) is 19.9 Å². The molecular formula is C14H15NO2. The first-order chi connectivity index (χ1) is 8.18. The maximum absolute atomic E-state index is 11.8. The lowest BCUT2D eigenvalue weighted by Crippen LogP contribution is -2.28. The number of benzene rings is 1. The van der Waals surface area contributed by atoms with Crippen molar-refractivity contribution in [1.29, 1.82) is 0 Å². The number of hydrogen-bond donors (Lipinski definition) is 0. The summed E-state index contributed by atoms with van der Waals surface area (Å²) in [7, 11) is 0. The molecule has 1 aliphatic rings. The van der Waals surface area contributed by atoms with Crippen LogP contribution in [0.3, 0.4) is 0 Å². The summed E-state index contributed by atoms with van der Waals surface area (Å²) in [4.78, 5) is 11.8. The van der Waals surface area contributed by atoms with Gasteiger partial charge in [0.05, 0.1) is 11.6 Å². The molecule has 0 spiro atoms. The van der Waals surface area contributed by atoms with Crippen LogP contribution in [0, 0.1) is 5.92 Å². The summed E-state index contributed by atoms with van der Waals surface area (Å²) in [6.45, 7) is 5.02. The lowest BCUT2D eigenvalue weighted by molar-refractivity contribution is 0.199. The second-order valence-corrected chi connectivity index (χ2v) is 4.86. The summed E-state index contributed by atoms with van der Waals surface area (Å²) < 4.78 is 7.95. The third-order valence-electron chi connectivity index (χ3n) is 3.45. The minimum Gasteiger partial charge on any atom is -0.489 e. The molecule has 0 saturated heterocycles. The molecule has 3 rings (SSSR count). The first-order valence-electron chi connectivity index (χ1n) is 5.95. The van der Waals surface area contributed by atoms with Crippen molar-refractivity contribution in [3.63, 3.8) is 0 Å². The smallest absolute Gasteiger partial charge is 0.189 e. The van der Waals surface area contributed by atoms with Gasteiger partial charge in [0, 0.05) is 17.6 Å². The number of nitrogens with zero attached hydrogens (tertiary/aromatic N) is 1. The van der Waals surface area contributed by atoms with Crippen molar-refractivity contribution in [2.24, 2.45) is 5.92 Å². The quantitative estimate of drug-likeness (QED) is 0.752. The summed E-state index contributed by atoms with van der Waals surface area (Å²) in [6, 6.07) is 7.61. The topological polar surface area (TPSA) is 31.2 Å². The fourth-order valence-corrected chi connectivity index (χ4v) is 2.46. The van der Waals surface area contributed by atoms with Gasteiger partial charge in [0.2, 0.25) is 0 Å². The van der Waals surface area contributed by atoms with Crippen LogP contribution in [0.4, 0.5) is 0 Å². The molecule has 1 atom stereocenters. The summed E-state index contributed by atoms with van der Waals surface area (Å²) in [5, 5.41) is 0.746. The third-order valence-corrected chi connectivity index (χ3v) is 3.45. The van der Waals surface area contributed by atoms with Crippen LogP contribution in [0.25, 0.3) is 10.9 Å². The second-order valence-electron chi connectivity index (χ2n) is 4.86. The maximum atomic E-state index is 11.8. The summed E-state index contributed by atoms with van der Waals surface area (Å²) in [6.07, 6.45) is 1.89. The van der Waals surface area contributed by atoms with E-state index in [1.165, 1.54) is 0 Å². The average Bonchev–Trinajstić information content (AvgIpc) is 2.33.